The van der Waals surface area contributed by atoms with Crippen molar-refractivity contribution in [2.24, 2.45) is 11.5 Å². The number of hydrogen-bond donors (Lipinski definition) is 2. The summed E-state index contributed by atoms with van der Waals surface area (Å²) in [6.07, 6.45) is -0.373. The predicted molar refractivity (Wildman–Crippen MR) is 85.8 cm³/mol. The van der Waals surface area contributed by atoms with Crippen molar-refractivity contribution in [2.75, 3.05) is 19.7 Å². The van der Waals surface area contributed by atoms with E-state index in [1.165, 1.54) is 0 Å². The van der Waals surface area contributed by atoms with Gasteiger partial charge >= 0.3 is 0 Å². The van der Waals surface area contributed by atoms with Crippen LogP contribution in [-0.2, 0) is 14.3 Å². The number of nitrogens with two attached hydrogens (primary N) is 2. The number of hydrogen-bond acceptors (Lipinski definition) is 4. The van der Waals surface area contributed by atoms with Gasteiger partial charge in [-0.3, -0.25) is 9.59 Å². The molecule has 2 rings (SSSR count). The van der Waals surface area contributed by atoms with Crippen LogP contribution in [0, 0.1) is 0 Å². The number of primary amides is 1. The Morgan fingerprint density at radius 1 is 1.36 bits per heavy atom. The Morgan fingerprint density at radius 3 is 2.59 bits per heavy atom. The van der Waals surface area contributed by atoms with E-state index in [0.29, 0.717) is 24.7 Å². The van der Waals surface area contributed by atoms with Gasteiger partial charge in [-0.25, -0.2) is 0 Å². The van der Waals surface area contributed by atoms with E-state index in [4.69, 9.17) is 27.8 Å². The zero-order chi connectivity index (χ0) is 15.4. The van der Waals surface area contributed by atoms with Crippen LogP contribution < -0.4 is 11.5 Å². The van der Waals surface area contributed by atoms with E-state index in [-0.39, 0.29) is 30.8 Å². The summed E-state index contributed by atoms with van der Waals surface area (Å²) in [5.41, 5.74) is 11.7. The van der Waals surface area contributed by atoms with Gasteiger partial charge in [-0.2, -0.15) is 0 Å². The Kier molecular flexibility index (Phi) is 7.09. The lowest BCUT2D eigenvalue weighted by Gasteiger charge is -2.34. The van der Waals surface area contributed by atoms with E-state index < -0.39 is 11.9 Å². The van der Waals surface area contributed by atoms with Gasteiger partial charge in [-0.05, 0) is 17.7 Å². The predicted octanol–water partition coefficient (Wildman–Crippen LogP) is 0.864. The van der Waals surface area contributed by atoms with E-state index in [1.807, 2.05) is 12.1 Å². The largest absolute Gasteiger partial charge is 0.370 e. The average molecular weight is 348 g/mol. The lowest BCUT2D eigenvalue weighted by atomic mass is 10.1. The van der Waals surface area contributed by atoms with Crippen molar-refractivity contribution in [3.8, 4) is 0 Å². The molecular weight excluding hydrogens is 329 g/mol. The normalized spacial score (nSPS) is 19.2. The zero-order valence-corrected chi connectivity index (χ0v) is 13.5. The molecule has 1 aliphatic heterocycles. The second-order valence-electron chi connectivity index (χ2n) is 4.97. The van der Waals surface area contributed by atoms with Crippen molar-refractivity contribution < 1.29 is 14.3 Å². The van der Waals surface area contributed by atoms with Crippen LogP contribution in [0.25, 0.3) is 0 Å². The molecule has 1 aliphatic rings. The number of ether oxygens (including phenoxy) is 1. The second-order valence-corrected chi connectivity index (χ2v) is 5.41. The van der Waals surface area contributed by atoms with E-state index in [9.17, 15) is 9.59 Å². The van der Waals surface area contributed by atoms with Crippen molar-refractivity contribution in [3.05, 3.63) is 34.9 Å². The Hall–Kier alpha value is -1.34. The van der Waals surface area contributed by atoms with Crippen LogP contribution in [-0.4, -0.2) is 42.5 Å². The minimum Gasteiger partial charge on any atom is -0.370 e. The third-order valence-electron chi connectivity index (χ3n) is 3.36. The monoisotopic (exact) mass is 347 g/mol. The molecule has 2 unspecified atom stereocenters. The number of carbonyl (C=O) groups is 2. The topological polar surface area (TPSA) is 98.7 Å². The molecule has 1 aromatic rings. The molecule has 2 atom stereocenters. The molecule has 1 fully saturated rings. The molecule has 0 aromatic heterocycles. The highest BCUT2D eigenvalue weighted by Crippen LogP contribution is 2.24. The smallest absolute Gasteiger partial charge is 0.240 e. The molecule has 1 heterocycles. The van der Waals surface area contributed by atoms with Crippen LogP contribution >= 0.6 is 24.0 Å². The highest BCUT2D eigenvalue weighted by atomic mass is 35.5. The van der Waals surface area contributed by atoms with E-state index in [0.717, 1.165) is 5.56 Å². The van der Waals surface area contributed by atoms with E-state index in [2.05, 4.69) is 0 Å². The number of halogens is 2. The summed E-state index contributed by atoms with van der Waals surface area (Å²) in [6, 6.07) is 6.39. The molecule has 0 aliphatic carbocycles. The lowest BCUT2D eigenvalue weighted by molar-refractivity contribution is -0.141. The molecule has 0 bridgehead atoms. The minimum atomic E-state index is -0.897. The molecule has 0 radical (unpaired) electrons. The van der Waals surface area contributed by atoms with Gasteiger partial charge in [0.2, 0.25) is 11.8 Å². The van der Waals surface area contributed by atoms with Gasteiger partial charge < -0.3 is 21.1 Å². The molecule has 0 saturated carbocycles. The number of amides is 2. The van der Waals surface area contributed by atoms with Crippen LogP contribution in [0.2, 0.25) is 5.02 Å². The first-order valence-electron chi connectivity index (χ1n) is 6.67. The van der Waals surface area contributed by atoms with Gasteiger partial charge in [0.1, 0.15) is 6.10 Å². The highest BCUT2D eigenvalue weighted by Gasteiger charge is 2.29. The molecule has 2 amide bonds. The number of carbonyl (C=O) groups excluding carboxylic acids is 2. The van der Waals surface area contributed by atoms with Gasteiger partial charge in [0.15, 0.2) is 0 Å². The van der Waals surface area contributed by atoms with Crippen LogP contribution in [0.3, 0.4) is 0 Å². The summed E-state index contributed by atoms with van der Waals surface area (Å²) >= 11 is 5.85. The van der Waals surface area contributed by atoms with E-state index in [1.54, 1.807) is 17.0 Å². The van der Waals surface area contributed by atoms with Crippen molar-refractivity contribution >= 4 is 35.8 Å². The fourth-order valence-corrected chi connectivity index (χ4v) is 2.39. The first-order chi connectivity index (χ1) is 9.97. The van der Waals surface area contributed by atoms with Gasteiger partial charge in [0.05, 0.1) is 25.6 Å². The molecule has 8 heteroatoms. The van der Waals surface area contributed by atoms with Crippen LogP contribution in [0.15, 0.2) is 24.3 Å². The quantitative estimate of drug-likeness (QED) is 0.843. The maximum Gasteiger partial charge on any atom is 0.240 e. The minimum absolute atomic E-state index is 0. The zero-order valence-electron chi connectivity index (χ0n) is 11.9. The SMILES string of the molecule is Cl.NC(=O)CC(N)C(=O)N1CCOC(c2ccc(Cl)cc2)C1. The Balaban J connectivity index is 0.00000242. The standard InChI is InChI=1S/C14H18ClN3O3.ClH/c15-10-3-1-9(2-4-10)12-8-18(5-6-21-12)14(20)11(16)7-13(17)19;/h1-4,11-12H,5-8,16H2,(H2,17,19);1H. The third-order valence-corrected chi connectivity index (χ3v) is 3.61. The molecule has 22 heavy (non-hydrogen) atoms. The maximum atomic E-state index is 12.2. The Labute approximate surface area is 140 Å². The summed E-state index contributed by atoms with van der Waals surface area (Å²) < 4.78 is 5.68. The summed E-state index contributed by atoms with van der Waals surface area (Å²) in [7, 11) is 0. The second kappa shape index (κ2) is 8.33. The number of nitrogens with zero attached hydrogens (tertiary/aromatic N) is 1. The number of rotatable bonds is 4. The summed E-state index contributed by atoms with van der Waals surface area (Å²) in [6.45, 7) is 1.27. The van der Waals surface area contributed by atoms with Crippen LogP contribution in [0.5, 0.6) is 0 Å². The van der Waals surface area contributed by atoms with Crippen LogP contribution in [0.4, 0.5) is 0 Å². The third kappa shape index (κ3) is 4.84. The highest BCUT2D eigenvalue weighted by molar-refractivity contribution is 6.30. The van der Waals surface area contributed by atoms with Crippen molar-refractivity contribution in [2.45, 2.75) is 18.6 Å². The fraction of sp³-hybridized carbons (Fsp3) is 0.429. The Morgan fingerprint density at radius 2 is 2.00 bits per heavy atom. The van der Waals surface area contributed by atoms with Crippen molar-refractivity contribution in [3.63, 3.8) is 0 Å². The van der Waals surface area contributed by atoms with Crippen molar-refractivity contribution in [1.29, 1.82) is 0 Å². The number of benzene rings is 1. The number of morpholine rings is 1. The average Bonchev–Trinajstić information content (AvgIpc) is 2.46. The molecule has 0 spiro atoms. The summed E-state index contributed by atoms with van der Waals surface area (Å²) in [4.78, 5) is 24.6. The van der Waals surface area contributed by atoms with Gasteiger partial charge in [-0.15, -0.1) is 12.4 Å². The molecule has 6 nitrogen and oxygen atoms in total. The lowest BCUT2D eigenvalue weighted by Crippen LogP contribution is -2.50. The van der Waals surface area contributed by atoms with Crippen molar-refractivity contribution in [1.82, 2.24) is 4.90 Å². The maximum absolute atomic E-state index is 12.2. The molecule has 4 N–H and O–H groups in total. The molecule has 122 valence electrons. The van der Waals surface area contributed by atoms with Gasteiger partial charge in [0, 0.05) is 11.6 Å². The molecule has 1 saturated heterocycles. The van der Waals surface area contributed by atoms with Gasteiger partial charge in [0.25, 0.3) is 0 Å². The fourth-order valence-electron chi connectivity index (χ4n) is 2.27. The van der Waals surface area contributed by atoms with Crippen LogP contribution in [0.1, 0.15) is 18.1 Å². The molecule has 1 aromatic carbocycles. The first kappa shape index (κ1) is 18.7. The molecular formula is C14H19Cl2N3O3. The van der Waals surface area contributed by atoms with E-state index >= 15 is 0 Å². The van der Waals surface area contributed by atoms with Gasteiger partial charge in [-0.1, -0.05) is 23.7 Å². The Bertz CT molecular complexity index is 525. The first-order valence-corrected chi connectivity index (χ1v) is 7.05. The summed E-state index contributed by atoms with van der Waals surface area (Å²) in [5, 5.41) is 0.644. The summed E-state index contributed by atoms with van der Waals surface area (Å²) in [5.74, 6) is -0.866.